The number of rotatable bonds is 8. The highest BCUT2D eigenvalue weighted by Crippen LogP contribution is 2.39. The van der Waals surface area contributed by atoms with E-state index in [0.717, 1.165) is 33.8 Å². The first-order valence-corrected chi connectivity index (χ1v) is 11.5. The van der Waals surface area contributed by atoms with E-state index < -0.39 is 6.10 Å². The highest BCUT2D eigenvalue weighted by molar-refractivity contribution is 5.77. The van der Waals surface area contributed by atoms with Crippen LogP contribution in [0.5, 0.6) is 0 Å². The van der Waals surface area contributed by atoms with Crippen LogP contribution in [0.15, 0.2) is 18.2 Å². The van der Waals surface area contributed by atoms with Crippen LogP contribution >= 0.6 is 0 Å². The number of ether oxygens (including phenoxy) is 2. The number of hydrogen-bond acceptors (Lipinski definition) is 6. The topological polar surface area (TPSA) is 71.9 Å². The zero-order valence-electron chi connectivity index (χ0n) is 20.4. The Hall–Kier alpha value is -2.51. The zero-order chi connectivity index (χ0) is 24.3. The van der Waals surface area contributed by atoms with Crippen LogP contribution in [0.1, 0.15) is 61.4 Å². The maximum Gasteiger partial charge on any atom is 0.308 e. The van der Waals surface area contributed by atoms with Crippen LogP contribution in [0.4, 0.5) is 10.2 Å². The average molecular weight is 459 g/mol. The SMILES string of the molecule is COCc1c(N(C)C)nc(C(C)C)c(CCC2CC(O)CC(=O)O2)c1-c1ccc(F)c(C)c1. The zero-order valence-corrected chi connectivity index (χ0v) is 20.4. The molecule has 1 saturated heterocycles. The largest absolute Gasteiger partial charge is 0.462 e. The van der Waals surface area contributed by atoms with Gasteiger partial charge in [0.05, 0.1) is 19.1 Å². The highest BCUT2D eigenvalue weighted by Gasteiger charge is 2.29. The Balaban J connectivity index is 2.18. The normalized spacial score (nSPS) is 18.5. The number of halogens is 1. The summed E-state index contributed by atoms with van der Waals surface area (Å²) in [5, 5.41) is 10.0. The quantitative estimate of drug-likeness (QED) is 0.586. The van der Waals surface area contributed by atoms with Gasteiger partial charge in [-0.15, -0.1) is 0 Å². The first kappa shape index (κ1) is 25.1. The van der Waals surface area contributed by atoms with Crippen LogP contribution < -0.4 is 4.90 Å². The van der Waals surface area contributed by atoms with Gasteiger partial charge in [0, 0.05) is 38.9 Å². The number of esters is 1. The fourth-order valence-corrected chi connectivity index (χ4v) is 4.54. The number of carbonyl (C=O) groups is 1. The van der Waals surface area contributed by atoms with Crippen molar-refractivity contribution < 1.29 is 23.8 Å². The van der Waals surface area contributed by atoms with Crippen LogP contribution in [0.3, 0.4) is 0 Å². The molecule has 180 valence electrons. The molecule has 0 radical (unpaired) electrons. The molecule has 0 amide bonds. The van der Waals surface area contributed by atoms with E-state index in [1.54, 1.807) is 20.1 Å². The third-order valence-corrected chi connectivity index (χ3v) is 6.07. The van der Waals surface area contributed by atoms with E-state index in [9.17, 15) is 14.3 Å². The van der Waals surface area contributed by atoms with E-state index in [2.05, 4.69) is 13.8 Å². The van der Waals surface area contributed by atoms with Crippen molar-refractivity contribution in [2.24, 2.45) is 0 Å². The van der Waals surface area contributed by atoms with Crippen LogP contribution in [0.2, 0.25) is 0 Å². The second-order valence-electron chi connectivity index (χ2n) is 9.34. The average Bonchev–Trinajstić information content (AvgIpc) is 2.73. The minimum atomic E-state index is -0.668. The highest BCUT2D eigenvalue weighted by atomic mass is 19.1. The molecule has 33 heavy (non-hydrogen) atoms. The first-order chi connectivity index (χ1) is 15.6. The summed E-state index contributed by atoms with van der Waals surface area (Å²) < 4.78 is 25.2. The van der Waals surface area contributed by atoms with Gasteiger partial charge >= 0.3 is 5.97 Å². The number of aromatic nitrogens is 1. The molecule has 1 aliphatic rings. The molecule has 1 aromatic heterocycles. The van der Waals surface area contributed by atoms with Crippen molar-refractivity contribution >= 4 is 11.8 Å². The Morgan fingerprint density at radius 2 is 2.03 bits per heavy atom. The molecule has 1 fully saturated rings. The molecule has 1 aromatic carbocycles. The lowest BCUT2D eigenvalue weighted by molar-refractivity contribution is -0.160. The summed E-state index contributed by atoms with van der Waals surface area (Å²) in [7, 11) is 5.56. The predicted molar refractivity (Wildman–Crippen MR) is 127 cm³/mol. The van der Waals surface area contributed by atoms with Gasteiger partial charge in [-0.25, -0.2) is 9.37 Å². The van der Waals surface area contributed by atoms with Crippen molar-refractivity contribution in [2.45, 2.75) is 71.2 Å². The molecular formula is C26H35FN2O4. The Morgan fingerprint density at radius 3 is 2.61 bits per heavy atom. The van der Waals surface area contributed by atoms with E-state index >= 15 is 0 Å². The van der Waals surface area contributed by atoms with Crippen molar-refractivity contribution in [1.29, 1.82) is 0 Å². The molecule has 2 aromatic rings. The van der Waals surface area contributed by atoms with E-state index in [0.29, 0.717) is 31.4 Å². The lowest BCUT2D eigenvalue weighted by Crippen LogP contribution is -2.33. The van der Waals surface area contributed by atoms with Gasteiger partial charge in [-0.1, -0.05) is 19.9 Å². The van der Waals surface area contributed by atoms with Gasteiger partial charge in [0.25, 0.3) is 0 Å². The second kappa shape index (κ2) is 10.6. The fraction of sp³-hybridized carbons (Fsp3) is 0.538. The van der Waals surface area contributed by atoms with Crippen LogP contribution in [-0.4, -0.2) is 49.5 Å². The molecule has 0 saturated carbocycles. The number of methoxy groups -OCH3 is 1. The smallest absolute Gasteiger partial charge is 0.308 e. The molecule has 1 aliphatic heterocycles. The lowest BCUT2D eigenvalue weighted by atomic mass is 9.86. The summed E-state index contributed by atoms with van der Waals surface area (Å²) in [5.41, 5.74) is 5.41. The fourth-order valence-electron chi connectivity index (χ4n) is 4.54. The van der Waals surface area contributed by atoms with Gasteiger partial charge in [0.2, 0.25) is 0 Å². The third-order valence-electron chi connectivity index (χ3n) is 6.07. The monoisotopic (exact) mass is 458 g/mol. The number of hydrogen-bond donors (Lipinski definition) is 1. The van der Waals surface area contributed by atoms with E-state index in [-0.39, 0.29) is 30.2 Å². The number of benzene rings is 1. The molecule has 6 nitrogen and oxygen atoms in total. The molecule has 2 atom stereocenters. The molecule has 7 heteroatoms. The number of aliphatic hydroxyl groups is 1. The molecule has 2 heterocycles. The molecule has 0 spiro atoms. The lowest BCUT2D eigenvalue weighted by Gasteiger charge is -2.29. The number of pyridine rings is 1. The summed E-state index contributed by atoms with van der Waals surface area (Å²) in [6, 6.07) is 5.16. The Bertz CT molecular complexity index is 1010. The summed E-state index contributed by atoms with van der Waals surface area (Å²) in [5.74, 6) is 0.358. The van der Waals surface area contributed by atoms with Crippen molar-refractivity contribution in [3.8, 4) is 11.1 Å². The molecule has 0 bridgehead atoms. The summed E-state index contributed by atoms with van der Waals surface area (Å²) >= 11 is 0. The molecule has 2 unspecified atom stereocenters. The number of aryl methyl sites for hydroxylation is 1. The number of nitrogens with zero attached hydrogens (tertiary/aromatic N) is 2. The number of anilines is 1. The van der Waals surface area contributed by atoms with Crippen molar-refractivity contribution in [3.63, 3.8) is 0 Å². The Kier molecular flexibility index (Phi) is 8.08. The Morgan fingerprint density at radius 1 is 1.30 bits per heavy atom. The van der Waals surface area contributed by atoms with E-state index in [4.69, 9.17) is 14.5 Å². The van der Waals surface area contributed by atoms with Crippen LogP contribution in [-0.2, 0) is 27.3 Å². The summed E-state index contributed by atoms with van der Waals surface area (Å²) in [6.45, 7) is 6.32. The minimum Gasteiger partial charge on any atom is -0.462 e. The van der Waals surface area contributed by atoms with Crippen molar-refractivity contribution in [3.05, 3.63) is 46.4 Å². The van der Waals surface area contributed by atoms with Gasteiger partial charge in [-0.3, -0.25) is 4.79 Å². The van der Waals surface area contributed by atoms with Crippen LogP contribution in [0.25, 0.3) is 11.1 Å². The maximum absolute atomic E-state index is 14.1. The summed E-state index contributed by atoms with van der Waals surface area (Å²) in [6.07, 6.45) is 0.654. The summed E-state index contributed by atoms with van der Waals surface area (Å²) in [4.78, 5) is 18.8. The first-order valence-electron chi connectivity index (χ1n) is 11.5. The number of aliphatic hydroxyl groups excluding tert-OH is 1. The molecular weight excluding hydrogens is 423 g/mol. The number of carbonyl (C=O) groups excluding carboxylic acids is 1. The maximum atomic E-state index is 14.1. The molecule has 0 aliphatic carbocycles. The van der Waals surface area contributed by atoms with Crippen molar-refractivity contribution in [2.75, 3.05) is 26.1 Å². The van der Waals surface area contributed by atoms with Crippen LogP contribution in [0, 0.1) is 12.7 Å². The van der Waals surface area contributed by atoms with E-state index in [1.165, 1.54) is 6.07 Å². The van der Waals surface area contributed by atoms with Crippen molar-refractivity contribution in [1.82, 2.24) is 4.98 Å². The molecule has 1 N–H and O–H groups in total. The molecule has 3 rings (SSSR count). The van der Waals surface area contributed by atoms with Gasteiger partial charge < -0.3 is 19.5 Å². The second-order valence-corrected chi connectivity index (χ2v) is 9.34. The van der Waals surface area contributed by atoms with Gasteiger partial charge in [-0.05, 0) is 60.1 Å². The van der Waals surface area contributed by atoms with E-state index in [1.807, 2.05) is 25.1 Å². The van der Waals surface area contributed by atoms with Gasteiger partial charge in [0.15, 0.2) is 0 Å². The predicted octanol–water partition coefficient (Wildman–Crippen LogP) is 4.53. The standard InChI is InChI=1S/C26H35FN2O4/c1-15(2)25-20(9-8-19-12-18(30)13-23(31)33-19)24(17-7-10-22(27)16(3)11-17)21(14-32-6)26(28-25)29(4)5/h7,10-11,15,18-19,30H,8-9,12-14H2,1-6H3. The third kappa shape index (κ3) is 5.71. The van der Waals surface area contributed by atoms with Gasteiger partial charge in [0.1, 0.15) is 17.7 Å². The Labute approximate surface area is 195 Å². The number of cyclic esters (lactones) is 1. The minimum absolute atomic E-state index is 0.0466. The van der Waals surface area contributed by atoms with Gasteiger partial charge in [-0.2, -0.15) is 0 Å².